The molecule has 84 valence electrons. The maximum atomic E-state index is 5.36. The van der Waals surface area contributed by atoms with Gasteiger partial charge in [-0.25, -0.2) is 0 Å². The second-order valence-electron chi connectivity index (χ2n) is 3.74. The van der Waals surface area contributed by atoms with Gasteiger partial charge in [0.05, 0.1) is 5.33 Å². The number of aromatic nitrogens is 3. The van der Waals surface area contributed by atoms with Crippen molar-refractivity contribution in [3.63, 3.8) is 0 Å². The molecular weight excluding hydrogens is 258 g/mol. The third-order valence-corrected chi connectivity index (χ3v) is 3.38. The van der Waals surface area contributed by atoms with Crippen molar-refractivity contribution in [2.75, 3.05) is 13.2 Å². The van der Waals surface area contributed by atoms with E-state index in [9.17, 15) is 0 Å². The minimum absolute atomic E-state index is 0.527. The molecule has 0 saturated carbocycles. The summed E-state index contributed by atoms with van der Waals surface area (Å²) in [5.41, 5.74) is 0. The molecule has 0 aliphatic carbocycles. The van der Waals surface area contributed by atoms with E-state index in [0.717, 1.165) is 49.6 Å². The minimum atomic E-state index is 0.527. The van der Waals surface area contributed by atoms with Gasteiger partial charge in [0.15, 0.2) is 0 Å². The van der Waals surface area contributed by atoms with Gasteiger partial charge in [0.1, 0.15) is 11.6 Å². The predicted octanol–water partition coefficient (Wildman–Crippen LogP) is 2.09. The van der Waals surface area contributed by atoms with Crippen LogP contribution in [0.2, 0.25) is 0 Å². The molecule has 1 fully saturated rings. The van der Waals surface area contributed by atoms with Crippen molar-refractivity contribution in [3.8, 4) is 0 Å². The highest BCUT2D eigenvalue weighted by Gasteiger charge is 2.22. The van der Waals surface area contributed by atoms with Gasteiger partial charge in [-0.15, -0.1) is 10.2 Å². The van der Waals surface area contributed by atoms with Gasteiger partial charge in [-0.05, 0) is 19.8 Å². The fraction of sp³-hybridized carbons (Fsp3) is 0.800. The number of rotatable bonds is 3. The van der Waals surface area contributed by atoms with Gasteiger partial charge in [-0.3, -0.25) is 0 Å². The maximum absolute atomic E-state index is 5.36. The summed E-state index contributed by atoms with van der Waals surface area (Å²) in [6.07, 6.45) is 2.14. The maximum Gasteiger partial charge on any atom is 0.143 e. The van der Waals surface area contributed by atoms with Gasteiger partial charge in [-0.1, -0.05) is 15.9 Å². The SMILES string of the molecule is CCn1c(CBr)nnc1C1CCOCC1. The van der Waals surface area contributed by atoms with E-state index in [2.05, 4.69) is 37.6 Å². The first-order chi connectivity index (χ1) is 7.36. The average Bonchev–Trinajstić information content (AvgIpc) is 2.72. The summed E-state index contributed by atoms with van der Waals surface area (Å²) in [5.74, 6) is 2.69. The molecule has 0 unspecified atom stereocenters. The Hall–Kier alpha value is -0.420. The van der Waals surface area contributed by atoms with Gasteiger partial charge < -0.3 is 9.30 Å². The Labute approximate surface area is 98.2 Å². The van der Waals surface area contributed by atoms with Crippen LogP contribution in [-0.4, -0.2) is 28.0 Å². The van der Waals surface area contributed by atoms with Crippen LogP contribution in [-0.2, 0) is 16.6 Å². The summed E-state index contributed by atoms with van der Waals surface area (Å²) in [4.78, 5) is 0. The smallest absolute Gasteiger partial charge is 0.143 e. The molecular formula is C10H16BrN3O. The van der Waals surface area contributed by atoms with Gasteiger partial charge in [0, 0.05) is 25.7 Å². The number of nitrogens with zero attached hydrogens (tertiary/aromatic N) is 3. The Balaban J connectivity index is 2.22. The van der Waals surface area contributed by atoms with Gasteiger partial charge in [-0.2, -0.15) is 0 Å². The molecule has 1 aromatic heterocycles. The van der Waals surface area contributed by atoms with E-state index in [4.69, 9.17) is 4.74 Å². The molecule has 2 heterocycles. The normalized spacial score (nSPS) is 18.3. The highest BCUT2D eigenvalue weighted by atomic mass is 79.9. The van der Waals surface area contributed by atoms with Crippen molar-refractivity contribution in [3.05, 3.63) is 11.6 Å². The van der Waals surface area contributed by atoms with Gasteiger partial charge in [0.25, 0.3) is 0 Å². The van der Waals surface area contributed by atoms with Crippen LogP contribution in [0.25, 0.3) is 0 Å². The third kappa shape index (κ3) is 2.23. The predicted molar refractivity (Wildman–Crippen MR) is 61.1 cm³/mol. The van der Waals surface area contributed by atoms with Crippen LogP contribution in [0.3, 0.4) is 0 Å². The lowest BCUT2D eigenvalue weighted by molar-refractivity contribution is 0.0827. The molecule has 0 bridgehead atoms. The second-order valence-corrected chi connectivity index (χ2v) is 4.30. The zero-order chi connectivity index (χ0) is 10.7. The van der Waals surface area contributed by atoms with Crippen LogP contribution in [0.1, 0.15) is 37.3 Å². The molecule has 0 spiro atoms. The first-order valence-electron chi connectivity index (χ1n) is 5.42. The number of hydrogen-bond acceptors (Lipinski definition) is 3. The Bertz CT molecular complexity index is 320. The zero-order valence-corrected chi connectivity index (χ0v) is 10.5. The van der Waals surface area contributed by atoms with E-state index < -0.39 is 0 Å². The number of alkyl halides is 1. The molecule has 0 amide bonds. The molecule has 1 saturated heterocycles. The molecule has 0 atom stereocenters. The molecule has 2 rings (SSSR count). The summed E-state index contributed by atoms with van der Waals surface area (Å²) in [5, 5.41) is 9.29. The summed E-state index contributed by atoms with van der Waals surface area (Å²) < 4.78 is 7.57. The van der Waals surface area contributed by atoms with Crippen molar-refractivity contribution in [1.29, 1.82) is 0 Å². The highest BCUT2D eigenvalue weighted by molar-refractivity contribution is 9.08. The monoisotopic (exact) mass is 273 g/mol. The Morgan fingerprint density at radius 1 is 1.40 bits per heavy atom. The molecule has 0 N–H and O–H groups in total. The average molecular weight is 274 g/mol. The first kappa shape index (κ1) is 11.1. The second kappa shape index (κ2) is 5.07. The van der Waals surface area contributed by atoms with Crippen molar-refractivity contribution >= 4 is 15.9 Å². The van der Waals surface area contributed by atoms with Crippen molar-refractivity contribution in [2.24, 2.45) is 0 Å². The minimum Gasteiger partial charge on any atom is -0.381 e. The molecule has 4 nitrogen and oxygen atoms in total. The molecule has 0 radical (unpaired) electrons. The van der Waals surface area contributed by atoms with Crippen LogP contribution in [0.5, 0.6) is 0 Å². The first-order valence-corrected chi connectivity index (χ1v) is 6.54. The largest absolute Gasteiger partial charge is 0.381 e. The number of ether oxygens (including phenoxy) is 1. The summed E-state index contributed by atoms with van der Waals surface area (Å²) >= 11 is 3.44. The van der Waals surface area contributed by atoms with E-state index in [1.165, 1.54) is 0 Å². The summed E-state index contributed by atoms with van der Waals surface area (Å²) in [7, 11) is 0. The summed E-state index contributed by atoms with van der Waals surface area (Å²) in [6.45, 7) is 4.79. The Morgan fingerprint density at radius 2 is 2.13 bits per heavy atom. The van der Waals surface area contributed by atoms with E-state index in [1.807, 2.05) is 0 Å². The van der Waals surface area contributed by atoms with Crippen LogP contribution in [0.4, 0.5) is 0 Å². The van der Waals surface area contributed by atoms with E-state index >= 15 is 0 Å². The number of hydrogen-bond donors (Lipinski definition) is 0. The third-order valence-electron chi connectivity index (χ3n) is 2.88. The lowest BCUT2D eigenvalue weighted by Gasteiger charge is -2.21. The van der Waals surface area contributed by atoms with Crippen LogP contribution < -0.4 is 0 Å². The van der Waals surface area contributed by atoms with Crippen LogP contribution >= 0.6 is 15.9 Å². The molecule has 0 aromatic carbocycles. The van der Waals surface area contributed by atoms with Gasteiger partial charge >= 0.3 is 0 Å². The lowest BCUT2D eigenvalue weighted by atomic mass is 9.99. The highest BCUT2D eigenvalue weighted by Crippen LogP contribution is 2.26. The lowest BCUT2D eigenvalue weighted by Crippen LogP contribution is -2.18. The van der Waals surface area contributed by atoms with Crippen LogP contribution in [0.15, 0.2) is 0 Å². The zero-order valence-electron chi connectivity index (χ0n) is 8.95. The molecule has 5 heteroatoms. The van der Waals surface area contributed by atoms with E-state index in [-0.39, 0.29) is 0 Å². The fourth-order valence-corrected chi connectivity index (χ4v) is 2.47. The van der Waals surface area contributed by atoms with E-state index in [0.29, 0.717) is 5.92 Å². The summed E-state index contributed by atoms with van der Waals surface area (Å²) in [6, 6.07) is 0. The Morgan fingerprint density at radius 3 is 2.73 bits per heavy atom. The molecule has 15 heavy (non-hydrogen) atoms. The van der Waals surface area contributed by atoms with Gasteiger partial charge in [0.2, 0.25) is 0 Å². The van der Waals surface area contributed by atoms with E-state index in [1.54, 1.807) is 0 Å². The van der Waals surface area contributed by atoms with Crippen molar-refractivity contribution in [2.45, 2.75) is 37.6 Å². The number of halogens is 1. The standard InChI is InChI=1S/C10H16BrN3O/c1-2-14-9(7-11)12-13-10(14)8-3-5-15-6-4-8/h8H,2-7H2,1H3. The molecule has 1 aromatic rings. The van der Waals surface area contributed by atoms with Crippen molar-refractivity contribution < 1.29 is 4.74 Å². The Kier molecular flexibility index (Phi) is 3.75. The molecule has 1 aliphatic heterocycles. The topological polar surface area (TPSA) is 39.9 Å². The van der Waals surface area contributed by atoms with Crippen molar-refractivity contribution in [1.82, 2.24) is 14.8 Å². The fourth-order valence-electron chi connectivity index (χ4n) is 2.05. The molecule has 1 aliphatic rings. The van der Waals surface area contributed by atoms with Crippen LogP contribution in [0, 0.1) is 0 Å². The quantitative estimate of drug-likeness (QED) is 0.792.